The molecule has 0 bridgehead atoms. The second kappa shape index (κ2) is 4.89. The molecule has 0 aliphatic heterocycles. The van der Waals surface area contributed by atoms with Gasteiger partial charge in [0.1, 0.15) is 6.20 Å². The first-order valence-electron chi connectivity index (χ1n) is 4.40. The molecule has 0 saturated carbocycles. The van der Waals surface area contributed by atoms with Crippen molar-refractivity contribution in [1.29, 1.82) is 0 Å². The van der Waals surface area contributed by atoms with E-state index in [1.54, 1.807) is 14.1 Å². The third-order valence-electron chi connectivity index (χ3n) is 1.93. The van der Waals surface area contributed by atoms with Gasteiger partial charge in [0.05, 0.1) is 22.1 Å². The van der Waals surface area contributed by atoms with E-state index in [4.69, 9.17) is 11.6 Å². The Balaban J connectivity index is 2.91. The average molecular weight is 244 g/mol. The van der Waals surface area contributed by atoms with Gasteiger partial charge in [0.2, 0.25) is 5.91 Å². The zero-order chi connectivity index (χ0) is 12.3. The molecule has 0 aliphatic carbocycles. The van der Waals surface area contributed by atoms with E-state index in [9.17, 15) is 14.9 Å². The van der Waals surface area contributed by atoms with E-state index in [-0.39, 0.29) is 23.0 Å². The lowest BCUT2D eigenvalue weighted by atomic mass is 10.2. The molecule has 1 rings (SSSR count). The predicted octanol–water partition coefficient (Wildman–Crippen LogP) is 1.27. The molecular weight excluding hydrogens is 234 g/mol. The fourth-order valence-corrected chi connectivity index (χ4v) is 1.21. The second-order valence-electron chi connectivity index (χ2n) is 3.34. The van der Waals surface area contributed by atoms with Gasteiger partial charge in [-0.2, -0.15) is 0 Å². The molecule has 0 atom stereocenters. The van der Waals surface area contributed by atoms with E-state index in [1.807, 2.05) is 0 Å². The van der Waals surface area contributed by atoms with Crippen LogP contribution in [-0.2, 0) is 11.2 Å². The van der Waals surface area contributed by atoms with Crippen LogP contribution in [0.2, 0.25) is 5.02 Å². The van der Waals surface area contributed by atoms with Crippen LogP contribution in [0.15, 0.2) is 12.3 Å². The highest BCUT2D eigenvalue weighted by Crippen LogP contribution is 2.20. The van der Waals surface area contributed by atoms with Gasteiger partial charge < -0.3 is 4.90 Å². The van der Waals surface area contributed by atoms with Crippen molar-refractivity contribution in [1.82, 2.24) is 9.88 Å². The van der Waals surface area contributed by atoms with Gasteiger partial charge in [-0.05, 0) is 0 Å². The molecule has 0 N–H and O–H groups in total. The average Bonchev–Trinajstić information content (AvgIpc) is 2.20. The molecule has 0 radical (unpaired) electrons. The number of rotatable bonds is 3. The Labute approximate surface area is 97.0 Å². The van der Waals surface area contributed by atoms with Gasteiger partial charge >= 0.3 is 0 Å². The van der Waals surface area contributed by atoms with E-state index in [2.05, 4.69) is 4.98 Å². The normalized spacial score (nSPS) is 9.94. The van der Waals surface area contributed by atoms with Gasteiger partial charge in [-0.15, -0.1) is 0 Å². The van der Waals surface area contributed by atoms with Crippen molar-refractivity contribution >= 4 is 23.2 Å². The highest BCUT2D eigenvalue weighted by molar-refractivity contribution is 6.31. The van der Waals surface area contributed by atoms with Gasteiger partial charge in [0.25, 0.3) is 5.69 Å². The Bertz CT molecular complexity index is 434. The minimum absolute atomic E-state index is 0.0316. The summed E-state index contributed by atoms with van der Waals surface area (Å²) in [5, 5.41) is 10.6. The van der Waals surface area contributed by atoms with Crippen molar-refractivity contribution in [2.45, 2.75) is 6.42 Å². The molecule has 0 fully saturated rings. The number of pyridine rings is 1. The fraction of sp³-hybridized carbons (Fsp3) is 0.333. The summed E-state index contributed by atoms with van der Waals surface area (Å²) in [4.78, 5) is 26.4. The van der Waals surface area contributed by atoms with Crippen LogP contribution in [0.5, 0.6) is 0 Å². The number of amides is 1. The molecule has 6 nitrogen and oxygen atoms in total. The van der Waals surface area contributed by atoms with Crippen molar-refractivity contribution in [2.75, 3.05) is 14.1 Å². The van der Waals surface area contributed by atoms with E-state index in [0.717, 1.165) is 6.20 Å². The highest BCUT2D eigenvalue weighted by atomic mass is 35.5. The third-order valence-corrected chi connectivity index (χ3v) is 2.26. The highest BCUT2D eigenvalue weighted by Gasteiger charge is 2.14. The molecule has 0 aliphatic rings. The van der Waals surface area contributed by atoms with Crippen molar-refractivity contribution < 1.29 is 9.72 Å². The minimum atomic E-state index is -0.587. The van der Waals surface area contributed by atoms with Crippen LogP contribution in [0.25, 0.3) is 0 Å². The van der Waals surface area contributed by atoms with Crippen LogP contribution in [0.3, 0.4) is 0 Å². The van der Waals surface area contributed by atoms with Crippen LogP contribution in [0.1, 0.15) is 5.69 Å². The molecule has 1 heterocycles. The Morgan fingerprint density at radius 1 is 1.62 bits per heavy atom. The maximum atomic E-state index is 11.4. The fourth-order valence-electron chi connectivity index (χ4n) is 0.987. The molecule has 1 aromatic rings. The van der Waals surface area contributed by atoms with E-state index < -0.39 is 4.92 Å². The van der Waals surface area contributed by atoms with Gasteiger partial charge in [-0.1, -0.05) is 11.6 Å². The largest absolute Gasteiger partial charge is 0.348 e. The smallest absolute Gasteiger partial charge is 0.289 e. The number of carbonyl (C=O) groups excluding carboxylic acids is 1. The van der Waals surface area contributed by atoms with Crippen molar-refractivity contribution in [3.05, 3.63) is 33.1 Å². The minimum Gasteiger partial charge on any atom is -0.348 e. The lowest BCUT2D eigenvalue weighted by Gasteiger charge is -2.09. The summed E-state index contributed by atoms with van der Waals surface area (Å²) < 4.78 is 0. The summed E-state index contributed by atoms with van der Waals surface area (Å²) in [6, 6.07) is 1.19. The van der Waals surface area contributed by atoms with Gasteiger partial charge in [0, 0.05) is 20.2 Å². The number of nitrogens with zero attached hydrogens (tertiary/aromatic N) is 3. The lowest BCUT2D eigenvalue weighted by Crippen LogP contribution is -2.24. The quantitative estimate of drug-likeness (QED) is 0.592. The van der Waals surface area contributed by atoms with E-state index >= 15 is 0 Å². The molecule has 7 heteroatoms. The summed E-state index contributed by atoms with van der Waals surface area (Å²) in [6.45, 7) is 0. The molecule has 0 aromatic carbocycles. The molecule has 86 valence electrons. The summed E-state index contributed by atoms with van der Waals surface area (Å²) in [5.41, 5.74) is 0.150. The van der Waals surface area contributed by atoms with Crippen LogP contribution in [0, 0.1) is 10.1 Å². The molecule has 0 spiro atoms. The maximum absolute atomic E-state index is 11.4. The van der Waals surface area contributed by atoms with E-state index in [1.165, 1.54) is 11.0 Å². The first kappa shape index (κ1) is 12.4. The predicted molar refractivity (Wildman–Crippen MR) is 58.3 cm³/mol. The monoisotopic (exact) mass is 243 g/mol. The molecule has 0 saturated heterocycles. The number of aromatic nitrogens is 1. The first-order valence-corrected chi connectivity index (χ1v) is 4.78. The molecule has 1 aromatic heterocycles. The number of carbonyl (C=O) groups is 1. The summed E-state index contributed by atoms with van der Waals surface area (Å²) in [7, 11) is 3.23. The summed E-state index contributed by atoms with van der Waals surface area (Å²) >= 11 is 5.78. The van der Waals surface area contributed by atoms with Gasteiger partial charge in [-0.25, -0.2) is 0 Å². The summed E-state index contributed by atoms with van der Waals surface area (Å²) in [6.07, 6.45) is 1.12. The first-order chi connectivity index (χ1) is 7.41. The van der Waals surface area contributed by atoms with Crippen molar-refractivity contribution in [3.63, 3.8) is 0 Å². The number of hydrogen-bond acceptors (Lipinski definition) is 4. The lowest BCUT2D eigenvalue weighted by molar-refractivity contribution is -0.385. The van der Waals surface area contributed by atoms with Crippen molar-refractivity contribution in [2.24, 2.45) is 0 Å². The van der Waals surface area contributed by atoms with Gasteiger partial charge in [-0.3, -0.25) is 19.9 Å². The summed E-state index contributed by atoms with van der Waals surface area (Å²) in [5.74, 6) is -0.164. The number of halogens is 1. The van der Waals surface area contributed by atoms with Crippen LogP contribution >= 0.6 is 11.6 Å². The molecular formula is C9H10ClN3O3. The maximum Gasteiger partial charge on any atom is 0.289 e. The third kappa shape index (κ3) is 2.90. The topological polar surface area (TPSA) is 76.3 Å². The Morgan fingerprint density at radius 2 is 2.25 bits per heavy atom. The molecule has 1 amide bonds. The molecule has 0 unspecified atom stereocenters. The van der Waals surface area contributed by atoms with Gasteiger partial charge in [0.15, 0.2) is 0 Å². The Hall–Kier alpha value is -1.69. The zero-order valence-electron chi connectivity index (χ0n) is 8.81. The van der Waals surface area contributed by atoms with E-state index in [0.29, 0.717) is 5.69 Å². The number of nitro groups is 1. The second-order valence-corrected chi connectivity index (χ2v) is 3.75. The Kier molecular flexibility index (Phi) is 3.78. The van der Waals surface area contributed by atoms with Crippen molar-refractivity contribution in [3.8, 4) is 0 Å². The number of likely N-dealkylation sites (N-methyl/N-ethyl adjacent to an activating group) is 1. The standard InChI is InChI=1S/C9H10ClN3O3/c1-12(2)9(14)4-8-7(10)3-6(5-11-8)13(15)16/h3,5H,4H2,1-2H3. The van der Waals surface area contributed by atoms with Crippen LogP contribution in [0.4, 0.5) is 5.69 Å². The molecule has 16 heavy (non-hydrogen) atoms. The van der Waals surface area contributed by atoms with Crippen LogP contribution in [-0.4, -0.2) is 34.8 Å². The number of hydrogen-bond donors (Lipinski definition) is 0. The zero-order valence-corrected chi connectivity index (χ0v) is 9.56. The SMILES string of the molecule is CN(C)C(=O)Cc1ncc([N+](=O)[O-])cc1Cl. The van der Waals surface area contributed by atoms with Crippen LogP contribution < -0.4 is 0 Å². The Morgan fingerprint density at radius 3 is 2.69 bits per heavy atom.